The number of aromatic nitrogens is 2. The summed E-state index contributed by atoms with van der Waals surface area (Å²) < 4.78 is 0. The van der Waals surface area contributed by atoms with Gasteiger partial charge in [0.15, 0.2) is 0 Å². The normalized spacial score (nSPS) is 15.4. The molecule has 1 aliphatic heterocycles. The monoisotopic (exact) mass is 152 g/mol. The van der Waals surface area contributed by atoms with Gasteiger partial charge in [0.05, 0.1) is 11.4 Å². The first-order valence-corrected chi connectivity index (χ1v) is 3.87. The third-order valence-electron chi connectivity index (χ3n) is 1.89. The van der Waals surface area contributed by atoms with Gasteiger partial charge >= 0.3 is 0 Å². The lowest BCUT2D eigenvalue weighted by molar-refractivity contribution is 0.731. The number of fused-ring (bicyclic) bond motifs is 1. The fraction of sp³-hybridized carbons (Fsp3) is 0.571. The molecular weight excluding hydrogens is 140 g/mol. The van der Waals surface area contributed by atoms with Crippen molar-refractivity contribution < 1.29 is 0 Å². The maximum absolute atomic E-state index is 5.40. The highest BCUT2D eigenvalue weighted by Crippen LogP contribution is 2.11. The molecule has 11 heavy (non-hydrogen) atoms. The average molecular weight is 152 g/mol. The van der Waals surface area contributed by atoms with E-state index in [1.807, 2.05) is 0 Å². The smallest absolute Gasteiger partial charge is 0.107 e. The van der Waals surface area contributed by atoms with Gasteiger partial charge in [0, 0.05) is 19.5 Å². The van der Waals surface area contributed by atoms with Gasteiger partial charge in [-0.3, -0.25) is 0 Å². The average Bonchev–Trinajstić information content (AvgIpc) is 2.46. The molecular formula is C7H12N4. The van der Waals surface area contributed by atoms with Crippen molar-refractivity contribution in [3.63, 3.8) is 0 Å². The van der Waals surface area contributed by atoms with Gasteiger partial charge in [-0.25, -0.2) is 4.98 Å². The zero-order valence-electron chi connectivity index (χ0n) is 6.35. The molecule has 4 N–H and O–H groups in total. The zero-order valence-corrected chi connectivity index (χ0v) is 6.35. The van der Waals surface area contributed by atoms with Crippen LogP contribution in [-0.4, -0.2) is 16.5 Å². The van der Waals surface area contributed by atoms with E-state index in [1.54, 1.807) is 0 Å². The van der Waals surface area contributed by atoms with E-state index in [0.29, 0.717) is 6.54 Å². The van der Waals surface area contributed by atoms with Crippen molar-refractivity contribution in [2.45, 2.75) is 19.5 Å². The van der Waals surface area contributed by atoms with Gasteiger partial charge in [0.1, 0.15) is 5.82 Å². The fourth-order valence-electron chi connectivity index (χ4n) is 1.36. The van der Waals surface area contributed by atoms with Crippen molar-refractivity contribution in [3.8, 4) is 0 Å². The molecule has 60 valence electrons. The van der Waals surface area contributed by atoms with E-state index < -0.39 is 0 Å². The molecule has 0 aliphatic carbocycles. The third-order valence-corrected chi connectivity index (χ3v) is 1.89. The molecule has 0 bridgehead atoms. The number of nitrogens with zero attached hydrogens (tertiary/aromatic N) is 1. The lowest BCUT2D eigenvalue weighted by Crippen LogP contribution is -2.07. The predicted octanol–water partition coefficient (Wildman–Crippen LogP) is -0.486. The molecule has 0 spiro atoms. The van der Waals surface area contributed by atoms with Gasteiger partial charge in [0.2, 0.25) is 0 Å². The van der Waals surface area contributed by atoms with Gasteiger partial charge in [-0.15, -0.1) is 0 Å². The largest absolute Gasteiger partial charge is 0.344 e. The van der Waals surface area contributed by atoms with Crippen LogP contribution in [0.5, 0.6) is 0 Å². The molecule has 0 amide bonds. The standard InChI is InChI=1S/C7H12N4/c8-2-1-7-10-5-3-9-4-6(5)11-7/h9H,1-4,8H2,(H,10,11). The van der Waals surface area contributed by atoms with Crippen LogP contribution < -0.4 is 11.1 Å². The van der Waals surface area contributed by atoms with E-state index in [2.05, 4.69) is 15.3 Å². The summed E-state index contributed by atoms with van der Waals surface area (Å²) in [7, 11) is 0. The van der Waals surface area contributed by atoms with Crippen LogP contribution in [0.2, 0.25) is 0 Å². The number of hydrogen-bond donors (Lipinski definition) is 3. The highest BCUT2D eigenvalue weighted by Gasteiger charge is 2.14. The Hall–Kier alpha value is -0.870. The molecule has 0 saturated heterocycles. The van der Waals surface area contributed by atoms with E-state index in [0.717, 1.165) is 31.0 Å². The number of imidazole rings is 1. The lowest BCUT2D eigenvalue weighted by Gasteiger charge is -1.92. The van der Waals surface area contributed by atoms with Gasteiger partial charge in [0.25, 0.3) is 0 Å². The molecule has 4 nitrogen and oxygen atoms in total. The molecule has 1 aromatic heterocycles. The minimum absolute atomic E-state index is 0.666. The minimum atomic E-state index is 0.666. The van der Waals surface area contributed by atoms with Gasteiger partial charge < -0.3 is 16.0 Å². The van der Waals surface area contributed by atoms with E-state index in [1.165, 1.54) is 5.69 Å². The molecule has 4 heteroatoms. The van der Waals surface area contributed by atoms with Gasteiger partial charge in [-0.05, 0) is 6.54 Å². The molecule has 0 unspecified atom stereocenters. The first kappa shape index (κ1) is 6.82. The van der Waals surface area contributed by atoms with Crippen molar-refractivity contribution in [2.24, 2.45) is 5.73 Å². The van der Waals surface area contributed by atoms with Crippen molar-refractivity contribution in [2.75, 3.05) is 6.54 Å². The summed E-state index contributed by atoms with van der Waals surface area (Å²) in [4.78, 5) is 7.62. The Balaban J connectivity index is 2.20. The third kappa shape index (κ3) is 1.15. The second-order valence-corrected chi connectivity index (χ2v) is 2.75. The summed E-state index contributed by atoms with van der Waals surface area (Å²) in [6.07, 6.45) is 0.854. The van der Waals surface area contributed by atoms with Crippen LogP contribution >= 0.6 is 0 Å². The van der Waals surface area contributed by atoms with Crippen molar-refractivity contribution in [3.05, 3.63) is 17.2 Å². The van der Waals surface area contributed by atoms with Crippen molar-refractivity contribution >= 4 is 0 Å². The van der Waals surface area contributed by atoms with E-state index in [-0.39, 0.29) is 0 Å². The summed E-state index contributed by atoms with van der Waals surface area (Å²) in [6.45, 7) is 2.49. The first-order valence-electron chi connectivity index (χ1n) is 3.87. The number of aromatic amines is 1. The molecule has 0 aromatic carbocycles. The van der Waals surface area contributed by atoms with Crippen LogP contribution in [0.15, 0.2) is 0 Å². The number of nitrogens with one attached hydrogen (secondary N) is 2. The highest BCUT2D eigenvalue weighted by atomic mass is 15.0. The Morgan fingerprint density at radius 2 is 2.36 bits per heavy atom. The van der Waals surface area contributed by atoms with E-state index in [4.69, 9.17) is 5.73 Å². The van der Waals surface area contributed by atoms with E-state index in [9.17, 15) is 0 Å². The Morgan fingerprint density at radius 1 is 1.45 bits per heavy atom. The van der Waals surface area contributed by atoms with Crippen molar-refractivity contribution in [1.29, 1.82) is 0 Å². The highest BCUT2D eigenvalue weighted by molar-refractivity contribution is 5.18. The molecule has 2 heterocycles. The number of rotatable bonds is 2. The number of hydrogen-bond acceptors (Lipinski definition) is 3. The van der Waals surface area contributed by atoms with Gasteiger partial charge in [-0.2, -0.15) is 0 Å². The molecule has 1 aliphatic rings. The van der Waals surface area contributed by atoms with Crippen molar-refractivity contribution in [1.82, 2.24) is 15.3 Å². The van der Waals surface area contributed by atoms with Crippen LogP contribution in [0.3, 0.4) is 0 Å². The van der Waals surface area contributed by atoms with Gasteiger partial charge in [-0.1, -0.05) is 0 Å². The quantitative estimate of drug-likeness (QED) is 0.536. The van der Waals surface area contributed by atoms with Crippen LogP contribution in [0.4, 0.5) is 0 Å². The minimum Gasteiger partial charge on any atom is -0.344 e. The number of H-pyrrole nitrogens is 1. The predicted molar refractivity (Wildman–Crippen MR) is 41.9 cm³/mol. The van der Waals surface area contributed by atoms with E-state index >= 15 is 0 Å². The molecule has 1 aromatic rings. The lowest BCUT2D eigenvalue weighted by atomic mass is 10.4. The molecule has 0 radical (unpaired) electrons. The summed E-state index contributed by atoms with van der Waals surface area (Å²) in [5, 5.41) is 3.21. The molecule has 0 saturated carbocycles. The van der Waals surface area contributed by atoms with Crippen LogP contribution in [0.25, 0.3) is 0 Å². The Labute approximate surface area is 65.2 Å². The summed E-state index contributed by atoms with van der Waals surface area (Å²) in [6, 6.07) is 0. The summed E-state index contributed by atoms with van der Waals surface area (Å²) in [5.41, 5.74) is 7.79. The molecule has 2 rings (SSSR count). The van der Waals surface area contributed by atoms with Crippen LogP contribution in [0.1, 0.15) is 17.2 Å². The summed E-state index contributed by atoms with van der Waals surface area (Å²) >= 11 is 0. The topological polar surface area (TPSA) is 66.7 Å². The summed E-state index contributed by atoms with van der Waals surface area (Å²) in [5.74, 6) is 1.03. The Kier molecular flexibility index (Phi) is 1.63. The number of nitrogens with two attached hydrogens (primary N) is 1. The molecule has 0 atom stereocenters. The Bertz CT molecular complexity index is 231. The maximum Gasteiger partial charge on any atom is 0.107 e. The fourth-order valence-corrected chi connectivity index (χ4v) is 1.36. The van der Waals surface area contributed by atoms with Crippen LogP contribution in [0, 0.1) is 0 Å². The first-order chi connectivity index (χ1) is 5.40. The Morgan fingerprint density at radius 3 is 3.09 bits per heavy atom. The van der Waals surface area contributed by atoms with Crippen LogP contribution in [-0.2, 0) is 19.5 Å². The maximum atomic E-state index is 5.40. The second kappa shape index (κ2) is 2.64. The second-order valence-electron chi connectivity index (χ2n) is 2.75. The SMILES string of the molecule is NCCc1nc2c([nH]1)CNC2. The zero-order chi connectivity index (χ0) is 7.68. The molecule has 0 fully saturated rings.